The van der Waals surface area contributed by atoms with Crippen LogP contribution >= 0.6 is 11.6 Å². The number of benzene rings is 2. The minimum atomic E-state index is -0.297. The van der Waals surface area contributed by atoms with E-state index in [1.165, 1.54) is 44.8 Å². The SMILES string of the molecule is COC(=O)c1ccccc1NC1CCC(Nc2ccc(C34CC5CC(CC3C5)C4)cc2Cl)CC1. The van der Waals surface area contributed by atoms with Gasteiger partial charge in [0.15, 0.2) is 0 Å². The molecule has 5 fully saturated rings. The van der Waals surface area contributed by atoms with Gasteiger partial charge >= 0.3 is 5.97 Å². The molecule has 0 aliphatic heterocycles. The van der Waals surface area contributed by atoms with Crippen molar-refractivity contribution in [3.63, 3.8) is 0 Å². The number of halogens is 1. The minimum absolute atomic E-state index is 0.297. The highest BCUT2D eigenvalue weighted by atomic mass is 35.5. The average molecular weight is 479 g/mol. The number of nitrogens with one attached hydrogen (secondary N) is 2. The van der Waals surface area contributed by atoms with Crippen molar-refractivity contribution in [1.29, 1.82) is 0 Å². The molecule has 2 aromatic rings. The molecule has 7 rings (SSSR count). The van der Waals surface area contributed by atoms with Gasteiger partial charge in [0.05, 0.1) is 23.4 Å². The van der Waals surface area contributed by atoms with Crippen LogP contribution in [0.4, 0.5) is 11.4 Å². The number of esters is 1. The number of hydrogen-bond donors (Lipinski definition) is 2. The maximum atomic E-state index is 12.1. The third-order valence-corrected chi connectivity index (χ3v) is 9.63. The second-order valence-electron chi connectivity index (χ2n) is 11.3. The Morgan fingerprint density at radius 2 is 1.56 bits per heavy atom. The fraction of sp³-hybridized carbons (Fsp3) is 0.552. The van der Waals surface area contributed by atoms with Gasteiger partial charge in [-0.15, -0.1) is 0 Å². The quantitative estimate of drug-likeness (QED) is 0.437. The van der Waals surface area contributed by atoms with Crippen molar-refractivity contribution < 1.29 is 9.53 Å². The first-order valence-corrected chi connectivity index (χ1v) is 13.4. The highest BCUT2D eigenvalue weighted by molar-refractivity contribution is 6.33. The molecule has 5 heteroatoms. The predicted octanol–water partition coefficient (Wildman–Crippen LogP) is 7.04. The molecule has 4 nitrogen and oxygen atoms in total. The molecule has 0 radical (unpaired) electrons. The number of carbonyl (C=O) groups is 1. The van der Waals surface area contributed by atoms with Crippen LogP contribution in [0, 0.1) is 17.8 Å². The van der Waals surface area contributed by atoms with E-state index in [0.717, 1.165) is 59.8 Å². The van der Waals surface area contributed by atoms with Crippen LogP contribution in [-0.2, 0) is 10.2 Å². The lowest BCUT2D eigenvalue weighted by atomic mass is 9.71. The molecular formula is C29H35ClN2O2. The number of methoxy groups -OCH3 is 1. The van der Waals surface area contributed by atoms with E-state index in [0.29, 0.717) is 23.1 Å². The van der Waals surface area contributed by atoms with Gasteiger partial charge in [0.25, 0.3) is 0 Å². The van der Waals surface area contributed by atoms with E-state index in [1.54, 1.807) is 0 Å². The van der Waals surface area contributed by atoms with Gasteiger partial charge in [-0.1, -0.05) is 29.8 Å². The lowest BCUT2D eigenvalue weighted by Gasteiger charge is -2.34. The third kappa shape index (κ3) is 3.88. The van der Waals surface area contributed by atoms with Crippen molar-refractivity contribution in [3.8, 4) is 0 Å². The van der Waals surface area contributed by atoms with Gasteiger partial charge in [0, 0.05) is 17.8 Å². The van der Waals surface area contributed by atoms with Gasteiger partial charge < -0.3 is 15.4 Å². The van der Waals surface area contributed by atoms with Gasteiger partial charge in [0.2, 0.25) is 0 Å². The van der Waals surface area contributed by atoms with Crippen LogP contribution in [0.5, 0.6) is 0 Å². The number of para-hydroxylation sites is 1. The molecule has 0 aromatic heterocycles. The Bertz CT molecular complexity index is 1060. The Kier molecular flexibility index (Phi) is 5.76. The van der Waals surface area contributed by atoms with E-state index in [-0.39, 0.29) is 5.97 Å². The molecular weight excluding hydrogens is 444 g/mol. The van der Waals surface area contributed by atoms with Gasteiger partial charge in [-0.25, -0.2) is 4.79 Å². The van der Waals surface area contributed by atoms with E-state index in [4.69, 9.17) is 16.3 Å². The average Bonchev–Trinajstić information content (AvgIpc) is 3.25. The maximum Gasteiger partial charge on any atom is 0.339 e. The molecule has 0 saturated heterocycles. The van der Waals surface area contributed by atoms with Crippen molar-refractivity contribution in [1.82, 2.24) is 0 Å². The third-order valence-electron chi connectivity index (χ3n) is 9.31. The van der Waals surface area contributed by atoms with Crippen molar-refractivity contribution in [3.05, 3.63) is 58.6 Å². The number of ether oxygens (including phenoxy) is 1. The Morgan fingerprint density at radius 1 is 0.912 bits per heavy atom. The summed E-state index contributed by atoms with van der Waals surface area (Å²) in [6.45, 7) is 0. The number of hydrogen-bond acceptors (Lipinski definition) is 4. The van der Waals surface area contributed by atoms with Crippen LogP contribution in [0.3, 0.4) is 0 Å². The van der Waals surface area contributed by atoms with Gasteiger partial charge in [0.1, 0.15) is 0 Å². The minimum Gasteiger partial charge on any atom is -0.465 e. The van der Waals surface area contributed by atoms with Gasteiger partial charge in [-0.05, 0) is 111 Å². The molecule has 5 aliphatic rings. The molecule has 5 saturated carbocycles. The molecule has 4 bridgehead atoms. The zero-order valence-electron chi connectivity index (χ0n) is 20.0. The Labute approximate surface area is 207 Å². The molecule has 2 unspecified atom stereocenters. The summed E-state index contributed by atoms with van der Waals surface area (Å²) >= 11 is 6.84. The first-order chi connectivity index (χ1) is 16.5. The molecule has 2 atom stereocenters. The highest BCUT2D eigenvalue weighted by Crippen LogP contribution is 2.66. The second kappa shape index (κ2) is 8.78. The molecule has 2 N–H and O–H groups in total. The smallest absolute Gasteiger partial charge is 0.339 e. The molecule has 2 aromatic carbocycles. The zero-order chi connectivity index (χ0) is 23.3. The Balaban J connectivity index is 1.07. The predicted molar refractivity (Wildman–Crippen MR) is 138 cm³/mol. The summed E-state index contributed by atoms with van der Waals surface area (Å²) in [5.74, 6) is 2.50. The van der Waals surface area contributed by atoms with Crippen molar-refractivity contribution >= 4 is 28.9 Å². The van der Waals surface area contributed by atoms with Crippen LogP contribution in [0.1, 0.15) is 73.7 Å². The van der Waals surface area contributed by atoms with Crippen molar-refractivity contribution in [2.24, 2.45) is 17.8 Å². The topological polar surface area (TPSA) is 50.4 Å². The number of rotatable bonds is 6. The van der Waals surface area contributed by atoms with E-state index in [1.807, 2.05) is 24.3 Å². The van der Waals surface area contributed by atoms with Crippen LogP contribution < -0.4 is 10.6 Å². The van der Waals surface area contributed by atoms with Crippen LogP contribution in [0.15, 0.2) is 42.5 Å². The summed E-state index contributed by atoms with van der Waals surface area (Å²) in [7, 11) is 1.43. The lowest BCUT2D eigenvalue weighted by molar-refractivity contribution is 0.0601. The summed E-state index contributed by atoms with van der Waals surface area (Å²) in [4.78, 5) is 12.1. The molecule has 5 aliphatic carbocycles. The first-order valence-electron chi connectivity index (χ1n) is 13.0. The monoisotopic (exact) mass is 478 g/mol. The summed E-state index contributed by atoms with van der Waals surface area (Å²) in [6, 6.07) is 15.3. The van der Waals surface area contributed by atoms with Crippen molar-refractivity contribution in [2.45, 2.75) is 75.3 Å². The molecule has 180 valence electrons. The molecule has 0 amide bonds. The van der Waals surface area contributed by atoms with Crippen LogP contribution in [0.2, 0.25) is 5.02 Å². The summed E-state index contributed by atoms with van der Waals surface area (Å²) in [6.07, 6.45) is 11.4. The summed E-state index contributed by atoms with van der Waals surface area (Å²) < 4.78 is 4.93. The largest absolute Gasteiger partial charge is 0.465 e. The fourth-order valence-corrected chi connectivity index (χ4v) is 8.16. The zero-order valence-corrected chi connectivity index (χ0v) is 20.7. The van der Waals surface area contributed by atoms with Gasteiger partial charge in [-0.2, -0.15) is 0 Å². The van der Waals surface area contributed by atoms with Gasteiger partial charge in [-0.3, -0.25) is 0 Å². The molecule has 34 heavy (non-hydrogen) atoms. The first kappa shape index (κ1) is 22.3. The highest BCUT2D eigenvalue weighted by Gasteiger charge is 2.58. The van der Waals surface area contributed by atoms with E-state index < -0.39 is 0 Å². The molecule has 0 heterocycles. The van der Waals surface area contributed by atoms with Crippen molar-refractivity contribution in [2.75, 3.05) is 17.7 Å². The fourth-order valence-electron chi connectivity index (χ4n) is 7.93. The summed E-state index contributed by atoms with van der Waals surface area (Å²) in [5, 5.41) is 8.18. The van der Waals surface area contributed by atoms with E-state index >= 15 is 0 Å². The maximum absolute atomic E-state index is 12.1. The molecule has 0 spiro atoms. The lowest BCUT2D eigenvalue weighted by Crippen LogP contribution is -2.33. The van der Waals surface area contributed by atoms with Crippen LogP contribution in [-0.4, -0.2) is 25.2 Å². The van der Waals surface area contributed by atoms with Crippen LogP contribution in [0.25, 0.3) is 0 Å². The Hall–Kier alpha value is -2.20. The summed E-state index contributed by atoms with van der Waals surface area (Å²) in [5.41, 5.74) is 4.45. The standard InChI is InChI=1S/C29H35ClN2O2/c1-34-28(33)24-4-2-3-5-26(24)31-22-7-9-23(10-8-22)32-27-11-6-20(15-25(27)30)29-16-18-12-19(17-29)14-21(29)13-18/h2-6,11,15,18-19,21-23,31-32H,7-10,12-14,16-17H2,1H3. The number of anilines is 2. The normalized spacial score (nSPS) is 33.6. The second-order valence-corrected chi connectivity index (χ2v) is 11.7. The number of carbonyl (C=O) groups excluding carboxylic acids is 1. The van der Waals surface area contributed by atoms with E-state index in [2.05, 4.69) is 28.8 Å². The van der Waals surface area contributed by atoms with E-state index in [9.17, 15) is 4.79 Å². The Morgan fingerprint density at radius 3 is 2.21 bits per heavy atom.